The van der Waals surface area contributed by atoms with Crippen molar-refractivity contribution in [1.29, 1.82) is 0 Å². The normalized spacial score (nSPS) is 20.4. The number of nitrogens with one attached hydrogen (secondary N) is 2. The van der Waals surface area contributed by atoms with Crippen LogP contribution in [0.4, 0.5) is 26.3 Å². The van der Waals surface area contributed by atoms with E-state index in [2.05, 4.69) is 9.72 Å². The molecule has 8 aromatic carbocycles. The summed E-state index contributed by atoms with van der Waals surface area (Å²) in [6, 6.07) is 61.5. The van der Waals surface area contributed by atoms with E-state index in [4.69, 9.17) is 59.8 Å². The predicted molar refractivity (Wildman–Crippen MR) is 404 cm³/mol. The van der Waals surface area contributed by atoms with Crippen LogP contribution >= 0.6 is 0 Å². The van der Waals surface area contributed by atoms with Gasteiger partial charge in [0.2, 0.25) is 23.6 Å². The van der Waals surface area contributed by atoms with Gasteiger partial charge in [-0.2, -0.15) is 13.2 Å². The molecular weight excluding hydrogens is 1520 g/mol. The topological polar surface area (TPSA) is 349 Å². The summed E-state index contributed by atoms with van der Waals surface area (Å²) in [6.07, 6.45) is -7.53. The number of aromatic nitrogens is 1. The minimum absolute atomic E-state index is 0.105. The van der Waals surface area contributed by atoms with Crippen LogP contribution in [0.2, 0.25) is 0 Å². The summed E-state index contributed by atoms with van der Waals surface area (Å²) < 4.78 is 125. The molecule has 0 saturated heterocycles. The van der Waals surface area contributed by atoms with E-state index in [0.717, 1.165) is 51.8 Å². The highest BCUT2D eigenvalue weighted by Crippen LogP contribution is 2.59. The van der Waals surface area contributed by atoms with Gasteiger partial charge in [-0.15, -0.1) is 13.2 Å². The first kappa shape index (κ1) is 85.8. The molecule has 4 saturated carbocycles. The smallest absolute Gasteiger partial charge is 0.489 e. The van der Waals surface area contributed by atoms with Crippen LogP contribution in [-0.4, -0.2) is 96.7 Å². The summed E-state index contributed by atoms with van der Waals surface area (Å²) in [5.41, 5.74) is 15.5. The molecule has 4 fully saturated rings. The van der Waals surface area contributed by atoms with Gasteiger partial charge in [0.25, 0.3) is 0 Å². The number of alkyl halides is 6. The number of benzene rings is 8. The summed E-state index contributed by atoms with van der Waals surface area (Å²) >= 11 is 0. The second-order valence-corrected chi connectivity index (χ2v) is 28.1. The van der Waals surface area contributed by atoms with Gasteiger partial charge in [0.15, 0.2) is 0 Å². The maximum Gasteiger partial charge on any atom is 0.573 e. The number of primary amides is 2. The fourth-order valence-corrected chi connectivity index (χ4v) is 14.0. The quantitative estimate of drug-likeness (QED) is 0.00800. The Morgan fingerprint density at radius 1 is 0.448 bits per heavy atom. The molecular formula is C86H85F6N5O19. The summed E-state index contributed by atoms with van der Waals surface area (Å²) in [4.78, 5) is 99.5. The molecule has 610 valence electrons. The Hall–Kier alpha value is -12.6. The van der Waals surface area contributed by atoms with Crippen LogP contribution in [0, 0.1) is 39.9 Å². The van der Waals surface area contributed by atoms with Crippen molar-refractivity contribution in [3.05, 3.63) is 263 Å². The zero-order valence-electron chi connectivity index (χ0n) is 63.4. The average Bonchev–Trinajstić information content (AvgIpc) is 1.55. The Morgan fingerprint density at radius 2 is 0.897 bits per heavy atom. The number of fused-ring (bicyclic) bond motifs is 1. The first-order valence-corrected chi connectivity index (χ1v) is 36.7. The van der Waals surface area contributed by atoms with E-state index in [0.29, 0.717) is 86.2 Å². The van der Waals surface area contributed by atoms with Gasteiger partial charge in [-0.1, -0.05) is 152 Å². The number of amides is 4. The molecule has 4 aliphatic rings. The maximum absolute atomic E-state index is 13.4. The molecule has 0 aliphatic heterocycles. The second-order valence-electron chi connectivity index (χ2n) is 28.1. The van der Waals surface area contributed by atoms with E-state index in [1.807, 2.05) is 140 Å². The van der Waals surface area contributed by atoms with Gasteiger partial charge in [0.1, 0.15) is 66.3 Å². The van der Waals surface area contributed by atoms with Gasteiger partial charge in [-0.3, -0.25) is 48.8 Å². The summed E-state index contributed by atoms with van der Waals surface area (Å²) in [6.45, 7) is 4.80. The number of nitrogens with zero attached hydrogens (tertiary/aromatic N) is 1. The predicted octanol–water partition coefficient (Wildman–Crippen LogP) is 12.9. The number of ether oxygens (including phenoxy) is 9. The Balaban J connectivity index is 0.000000167. The summed E-state index contributed by atoms with van der Waals surface area (Å²) in [5.74, 6) is -5.22. The van der Waals surface area contributed by atoms with Crippen molar-refractivity contribution in [3.8, 4) is 28.7 Å². The molecule has 30 heteroatoms. The molecule has 8 atom stereocenters. The van der Waals surface area contributed by atoms with E-state index in [9.17, 15) is 64.7 Å². The van der Waals surface area contributed by atoms with Crippen molar-refractivity contribution in [2.45, 2.75) is 103 Å². The van der Waals surface area contributed by atoms with Crippen molar-refractivity contribution >= 4 is 58.4 Å². The van der Waals surface area contributed by atoms with E-state index in [1.165, 1.54) is 14.2 Å². The third-order valence-corrected chi connectivity index (χ3v) is 20.4. The maximum atomic E-state index is 13.4. The number of hydroxylamine groups is 2. The number of hydrogen-bond donors (Lipinski definition) is 6. The molecule has 13 rings (SSSR count). The number of carbonyl (C=O) groups excluding carboxylic acids is 8. The Bertz CT molecular complexity index is 4950. The van der Waals surface area contributed by atoms with Gasteiger partial charge in [0.05, 0.1) is 72.9 Å². The third-order valence-electron chi connectivity index (χ3n) is 20.4. The number of esters is 4. The molecule has 4 amide bonds. The average molecular weight is 1610 g/mol. The molecule has 1 aromatic heterocycles. The fourth-order valence-electron chi connectivity index (χ4n) is 14.0. The zero-order chi connectivity index (χ0) is 83.6. The highest BCUT2D eigenvalue weighted by Gasteiger charge is 2.67. The molecule has 8 N–H and O–H groups in total. The molecule has 4 aliphatic carbocycles. The van der Waals surface area contributed by atoms with E-state index < -0.39 is 105 Å². The Kier molecular flexibility index (Phi) is 27.8. The molecule has 24 nitrogen and oxygen atoms in total. The van der Waals surface area contributed by atoms with Crippen LogP contribution in [0.3, 0.4) is 0 Å². The van der Waals surface area contributed by atoms with Gasteiger partial charge >= 0.3 is 36.4 Å². The van der Waals surface area contributed by atoms with Gasteiger partial charge in [-0.05, 0) is 158 Å². The molecule has 0 spiro atoms. The second kappa shape index (κ2) is 37.6. The molecule has 1 heterocycles. The van der Waals surface area contributed by atoms with Crippen molar-refractivity contribution in [3.63, 3.8) is 0 Å². The lowest BCUT2D eigenvalue weighted by Gasteiger charge is -2.16. The van der Waals surface area contributed by atoms with Crippen molar-refractivity contribution in [2.24, 2.45) is 51.4 Å². The number of nitrogens with two attached hydrogens (primary N) is 2. The summed E-state index contributed by atoms with van der Waals surface area (Å²) in [5, 5.41) is 17.7. The lowest BCUT2D eigenvalue weighted by Crippen LogP contribution is -2.32. The minimum atomic E-state index is -5.01. The number of hydrogen-bond acceptors (Lipinski definition) is 20. The first-order chi connectivity index (χ1) is 55.5. The molecule has 9 aromatic rings. The third kappa shape index (κ3) is 21.4. The number of pyridine rings is 1. The largest absolute Gasteiger partial charge is 0.573 e. The highest BCUT2D eigenvalue weighted by atomic mass is 19.4. The van der Waals surface area contributed by atoms with Crippen molar-refractivity contribution in [1.82, 2.24) is 15.9 Å². The molecule has 116 heavy (non-hydrogen) atoms. The van der Waals surface area contributed by atoms with E-state index >= 15 is 0 Å². The van der Waals surface area contributed by atoms with E-state index in [-0.39, 0.29) is 61.3 Å². The van der Waals surface area contributed by atoms with Crippen LogP contribution in [0.5, 0.6) is 28.7 Å². The monoisotopic (exact) mass is 1610 g/mol. The van der Waals surface area contributed by atoms with Crippen molar-refractivity contribution in [2.75, 3.05) is 27.4 Å². The first-order valence-electron chi connectivity index (χ1n) is 36.7. The Morgan fingerprint density at radius 3 is 1.38 bits per heavy atom. The van der Waals surface area contributed by atoms with Crippen LogP contribution in [-0.2, 0) is 115 Å². The van der Waals surface area contributed by atoms with Crippen molar-refractivity contribution < 1.29 is 118 Å². The molecule has 0 radical (unpaired) electrons. The lowest BCUT2D eigenvalue weighted by molar-refractivity contribution is -0.274. The van der Waals surface area contributed by atoms with Crippen LogP contribution in [0.15, 0.2) is 212 Å². The van der Waals surface area contributed by atoms with Gasteiger partial charge < -0.3 is 54.1 Å². The minimum Gasteiger partial charge on any atom is -0.489 e. The molecule has 0 bridgehead atoms. The lowest BCUT2D eigenvalue weighted by atomic mass is 9.93. The summed E-state index contributed by atoms with van der Waals surface area (Å²) in [7, 11) is 2.68. The zero-order valence-corrected chi connectivity index (χ0v) is 63.4. The van der Waals surface area contributed by atoms with Crippen LogP contribution in [0.25, 0.3) is 10.9 Å². The number of methoxy groups -OCH3 is 2. The highest BCUT2D eigenvalue weighted by molar-refractivity contribution is 5.98. The number of carbonyl (C=O) groups is 8. The fraction of sp³-hybridized carbons (Fsp3) is 0.314. The van der Waals surface area contributed by atoms with Crippen LogP contribution < -0.4 is 46.1 Å². The van der Waals surface area contributed by atoms with Gasteiger partial charge in [0, 0.05) is 11.5 Å². The van der Waals surface area contributed by atoms with Crippen LogP contribution in [0.1, 0.15) is 89.7 Å². The van der Waals surface area contributed by atoms with E-state index in [1.54, 1.807) is 73.3 Å². The van der Waals surface area contributed by atoms with Gasteiger partial charge in [-0.25, -0.2) is 15.9 Å². The number of halogens is 6. The SMILES string of the molecule is CCOC(=O)[C@@]1(Cc2ccc(COc3cc(C(F)(F)F)nc4ccc(OC(F)(F)F)cc34)cc2)C[C@@H]1C(=O)NO.CCOC(=O)[C@@]1(c2ccc(OCc3ccccc3)cc2)C[C@@H]1C(=O)NO.COC(=O)[C@@H]1C[C@@]1(Cc1cccc(OCc2ccccc2)c1)C(=O)OC.NC(=O)[C@H]1C[C@]1(Cc1cccc(OCc2ccccc2)c1)C(N)=O. The number of rotatable bonds is 30. The Labute approximate surface area is 662 Å². The molecule has 0 unspecified atom stereocenters. The standard InChI is InChI=1S/C26H22F6N2O6.C21H22O5.C20H21NO5.C19H20N2O3/c1-2-38-23(36)24(12-18(24)22(35)34-37)11-14-3-5-15(6-4-14)13-39-20-10-21(25(27,28)29)33-19-8-7-16(9-17(19)20)40-26(30,31)32;1-24-19(22)18-13-21(18,20(23)25-2)12-16-9-6-10-17(11-16)26-14-15-7-4-3-5-8-15;1-2-25-19(23)20(12-17(20)18(22)21-24)15-8-10-16(11-9-15)26-13-14-6-4-3-5-7-14;20-17(22)16-11-19(16,18(21)23)10-14-7-4-8-15(9-14)24-12-13-5-2-1-3-6-13/h3-10,18,37H,2,11-13H2,1H3,(H,34,35);3-11,18H,12-14H2,1-2H3;3-11,17,24H,2,12-13H2,1H3,(H,21,22);1-9,16H,10-12H2,(H2,20,22)(H2,21,23)/t18-,24+;18-,21+;17-,20-;16-,19+/m1011/s1.